The topological polar surface area (TPSA) is 66.1 Å². The number of aryl methyl sites for hydroxylation is 3. The van der Waals surface area contributed by atoms with Crippen LogP contribution in [0.25, 0.3) is 16.7 Å². The number of pyridine rings is 3. The van der Waals surface area contributed by atoms with Crippen LogP contribution in [0.3, 0.4) is 0 Å². The van der Waals surface area contributed by atoms with Gasteiger partial charge in [-0.3, -0.25) is 0 Å². The fourth-order valence-corrected chi connectivity index (χ4v) is 6.94. The molecule has 0 radical (unpaired) electrons. The third kappa shape index (κ3) is 35.7. The van der Waals surface area contributed by atoms with Gasteiger partial charge in [-0.2, -0.15) is 0 Å². The van der Waals surface area contributed by atoms with E-state index in [2.05, 4.69) is 147 Å². The van der Waals surface area contributed by atoms with E-state index in [9.17, 15) is 126 Å². The minimum Gasteiger partial charge on any atom is 3.00 e. The summed E-state index contributed by atoms with van der Waals surface area (Å²) in [5.41, 5.74) is 14.7. The van der Waals surface area contributed by atoms with E-state index in [4.69, 9.17) is 20.0 Å². The van der Waals surface area contributed by atoms with E-state index >= 15 is 0 Å². The summed E-state index contributed by atoms with van der Waals surface area (Å²) in [5.74, 6) is 0. The van der Waals surface area contributed by atoms with Crippen LogP contribution in [0.4, 0.5) is 126 Å². The maximum Gasteiger partial charge on any atom is 3.00 e. The van der Waals surface area contributed by atoms with Gasteiger partial charge in [-0.15, -0.1) is 11.4 Å². The molecular formula is C44H36F30MnN8P5. The number of hydrogen-bond acceptors (Lipinski definition) is 4. The van der Waals surface area contributed by atoms with E-state index in [0.717, 1.165) is 90.2 Å². The molecule has 0 unspecified atom stereocenters. The van der Waals surface area contributed by atoms with Crippen molar-refractivity contribution in [1.29, 1.82) is 0 Å². The molecule has 0 fully saturated rings. The molecule has 0 atom stereocenters. The van der Waals surface area contributed by atoms with Gasteiger partial charge >= 0.3 is 182 Å². The van der Waals surface area contributed by atoms with Crippen molar-refractivity contribution in [2.45, 2.75) is 0 Å². The van der Waals surface area contributed by atoms with Crippen LogP contribution in [0.1, 0.15) is 28.1 Å². The molecule has 9 rings (SSSR count). The van der Waals surface area contributed by atoms with Crippen molar-refractivity contribution in [2.24, 2.45) is 36.1 Å². The summed E-state index contributed by atoms with van der Waals surface area (Å²) in [4.78, 5) is 23.4. The van der Waals surface area contributed by atoms with Crippen molar-refractivity contribution in [2.75, 3.05) is 7.05 Å². The monoisotopic (exact) mass is 1460 g/mol. The molecule has 4 aromatic rings. The molecule has 0 spiro atoms. The van der Waals surface area contributed by atoms with Crippen molar-refractivity contribution in [3.63, 3.8) is 0 Å². The van der Waals surface area contributed by atoms with E-state index < -0.39 is 39.0 Å². The van der Waals surface area contributed by atoms with E-state index in [0.29, 0.717) is 0 Å². The Morgan fingerprint density at radius 1 is 0.318 bits per heavy atom. The van der Waals surface area contributed by atoms with E-state index in [1.807, 2.05) is 46.8 Å². The van der Waals surface area contributed by atoms with Crippen molar-refractivity contribution in [3.05, 3.63) is 203 Å². The summed E-state index contributed by atoms with van der Waals surface area (Å²) in [7, 11) is -45.2. The molecule has 44 heteroatoms. The second kappa shape index (κ2) is 20.9. The van der Waals surface area contributed by atoms with Gasteiger partial charge in [0.1, 0.15) is 21.1 Å². The molecule has 8 bridgehead atoms. The summed E-state index contributed by atoms with van der Waals surface area (Å²) in [5, 5.41) is 0. The standard InChI is InChI=1S/C44H36N8.5F6P.Mn/c1-49-21-13-29(14-22-49)41-33-5-7-35(45-33)42(30-15-23-50(2)24-16-30)37-9-11-39(47-37)44(32-19-27-52(4)28-20-32)40-12-10-38(48-40)43(36-8-6-34(41)46-36)31-17-25-51(3)26-18-31;5*1-7(2,3,4,5)6;/h5-28H,1-4H3;;;;;;/q+2;5*-1;+3. The summed E-state index contributed by atoms with van der Waals surface area (Å²) < 4.78 is 302. The number of allylic oxidation sites excluding steroid dienone is 11. The second-order valence-corrected chi connectivity index (χ2v) is 27.7. The number of hydrogen-bond donors (Lipinski definition) is 0. The summed E-state index contributed by atoms with van der Waals surface area (Å²) in [6, 6.07) is 16.9. The zero-order valence-corrected chi connectivity index (χ0v) is 49.0. The largest absolute Gasteiger partial charge is 3.00 e. The maximum atomic E-state index is 9.87. The normalized spacial score (nSPS) is 19.6. The Labute approximate surface area is 484 Å². The van der Waals surface area contributed by atoms with Gasteiger partial charge in [-0.1, -0.05) is 12.1 Å². The molecule has 494 valence electrons. The van der Waals surface area contributed by atoms with Gasteiger partial charge in [-0.05, 0) is 82.0 Å². The van der Waals surface area contributed by atoms with Crippen LogP contribution in [-0.2, 0) is 38.2 Å². The Kier molecular flexibility index (Phi) is 18.1. The number of rotatable bonds is 3. The molecule has 88 heavy (non-hydrogen) atoms. The summed E-state index contributed by atoms with van der Waals surface area (Å²) >= 11 is 0. The van der Waals surface area contributed by atoms with E-state index in [1.165, 1.54) is 0 Å². The number of nitrogens with zero attached hydrogens (tertiary/aromatic N) is 8. The Morgan fingerprint density at radius 3 is 0.784 bits per heavy atom. The van der Waals surface area contributed by atoms with Gasteiger partial charge in [0, 0.05) is 67.0 Å². The van der Waals surface area contributed by atoms with Crippen LogP contribution in [0.15, 0.2) is 190 Å². The fourth-order valence-electron chi connectivity index (χ4n) is 6.94. The second-order valence-electron chi connectivity index (χ2n) is 18.2. The van der Waals surface area contributed by atoms with Crippen LogP contribution < -0.4 is 18.7 Å². The Morgan fingerprint density at radius 2 is 0.534 bits per heavy atom. The fraction of sp³-hybridized carbons (Fsp3) is 0.0909. The first-order valence-corrected chi connectivity index (χ1v) is 32.5. The molecule has 0 aromatic carbocycles. The van der Waals surface area contributed by atoms with Gasteiger partial charge in [0.2, 0.25) is 0 Å². The van der Waals surface area contributed by atoms with E-state index in [1.54, 1.807) is 0 Å². The van der Waals surface area contributed by atoms with Crippen LogP contribution in [0.2, 0.25) is 0 Å². The molecule has 0 aliphatic carbocycles. The van der Waals surface area contributed by atoms with Crippen molar-refractivity contribution in [1.82, 2.24) is 9.88 Å². The number of aromatic nitrogens is 4. The first kappa shape index (κ1) is 76.0. The number of aliphatic imine (C=N–C) groups is 3. The predicted molar refractivity (Wildman–Crippen MR) is 272 cm³/mol. The van der Waals surface area contributed by atoms with Crippen LogP contribution in [0, 0.1) is 0 Å². The first-order valence-electron chi connectivity index (χ1n) is 22.3. The Hall–Kier alpha value is -6.23. The SMILES string of the molecule is CN1C=CC(=C2C3=NC(=C(c4cc[n+](C)cc4)C4=NC(=C(c5cc[n+](C)cc5)c5ccc([n-]5)C(c5cc[n+](C)cc5)=C5C=CC2=N5)C=C4)C=C3)C=C1.F[P-](F)(F)(F)(F)F.F[P-](F)(F)(F)(F)F.F[P-](F)(F)(F)(F)F.F[P-](F)(F)(F)(F)F.F[P-](F)(F)(F)(F)F.[Mn+3]. The first-order chi connectivity index (χ1) is 37.6. The van der Waals surface area contributed by atoms with Gasteiger partial charge in [0.15, 0.2) is 37.2 Å². The minimum absolute atomic E-state index is 0. The molecular weight excluding hydrogens is 1420 g/mol. The van der Waals surface area contributed by atoms with E-state index in [-0.39, 0.29) is 17.1 Å². The number of halogens is 30. The Balaban J connectivity index is 0.000000458. The van der Waals surface area contributed by atoms with Gasteiger partial charge < -0.3 is 9.88 Å². The van der Waals surface area contributed by atoms with Crippen molar-refractivity contribution >= 4 is 72.9 Å². The average Bonchev–Trinajstić information content (AvgIpc) is 4.09. The third-order valence-corrected chi connectivity index (χ3v) is 9.68. The predicted octanol–water partition coefficient (Wildman–Crippen LogP) is 22.3. The molecule has 0 saturated carbocycles. The zero-order chi connectivity index (χ0) is 67.4. The van der Waals surface area contributed by atoms with Crippen LogP contribution in [0.5, 0.6) is 0 Å². The molecule has 4 aromatic heterocycles. The average molecular weight is 1460 g/mol. The zero-order valence-electron chi connectivity index (χ0n) is 43.4. The maximum absolute atomic E-state index is 10.7. The van der Waals surface area contributed by atoms with Crippen LogP contribution >= 0.6 is 39.0 Å². The summed E-state index contributed by atoms with van der Waals surface area (Å²) in [6.07, 6.45) is 33.3. The molecule has 5 aliphatic rings. The number of fused-ring (bicyclic) bond motifs is 5. The molecule has 0 saturated heterocycles. The smallest absolute Gasteiger partial charge is 3.00 e. The Bertz CT molecular complexity index is 3560. The van der Waals surface area contributed by atoms with Gasteiger partial charge in [0.25, 0.3) is 0 Å². The molecule has 9 heterocycles. The van der Waals surface area contributed by atoms with Gasteiger partial charge in [-0.25, -0.2) is 28.7 Å². The molecule has 8 nitrogen and oxygen atoms in total. The quantitative estimate of drug-likeness (QED) is 0.0888. The molecule has 0 N–H and O–H groups in total. The van der Waals surface area contributed by atoms with Crippen LogP contribution in [-0.4, -0.2) is 29.1 Å². The van der Waals surface area contributed by atoms with Gasteiger partial charge in [0.05, 0.1) is 34.2 Å². The van der Waals surface area contributed by atoms with Crippen molar-refractivity contribution < 1.29 is 157 Å². The third-order valence-electron chi connectivity index (χ3n) is 9.68. The summed E-state index contributed by atoms with van der Waals surface area (Å²) in [6.45, 7) is 0. The molecule has 5 aliphatic heterocycles. The minimum atomic E-state index is -10.7. The van der Waals surface area contributed by atoms with Crippen molar-refractivity contribution in [3.8, 4) is 0 Å². The molecule has 0 amide bonds.